The van der Waals surface area contributed by atoms with Gasteiger partial charge in [-0.3, -0.25) is 9.59 Å². The van der Waals surface area contributed by atoms with Crippen LogP contribution in [0, 0.1) is 5.41 Å². The van der Waals surface area contributed by atoms with Crippen LogP contribution in [0.25, 0.3) is 0 Å². The topological polar surface area (TPSA) is 60.9 Å². The summed E-state index contributed by atoms with van der Waals surface area (Å²) >= 11 is 0. The van der Waals surface area contributed by atoms with E-state index >= 15 is 0 Å². The molecule has 0 aromatic carbocycles. The molecule has 96 valence electrons. The lowest BCUT2D eigenvalue weighted by molar-refractivity contribution is -0.154. The van der Waals surface area contributed by atoms with Crippen molar-refractivity contribution in [1.29, 1.82) is 0 Å². The number of hydrogen-bond donors (Lipinski definition) is 1. The van der Waals surface area contributed by atoms with Gasteiger partial charge in [0.15, 0.2) is 0 Å². The normalized spacial score (nSPS) is 23.8. The third kappa shape index (κ3) is 2.16. The van der Waals surface area contributed by atoms with Crippen molar-refractivity contribution < 1.29 is 14.7 Å². The van der Waals surface area contributed by atoms with Crippen LogP contribution in [0.15, 0.2) is 0 Å². The van der Waals surface area contributed by atoms with Gasteiger partial charge in [0.2, 0.25) is 5.91 Å². The van der Waals surface area contributed by atoms with Crippen LogP contribution >= 0.6 is 0 Å². The molecule has 1 heterocycles. The lowest BCUT2D eigenvalue weighted by Gasteiger charge is -2.36. The monoisotopic (exact) mass is 240 g/mol. The predicted molar refractivity (Wildman–Crippen MR) is 62.6 cm³/mol. The number of aliphatic carboxylic acids is 1. The SMILES string of the molecule is CN(C)C1CCN(C(=O)C2(C(=O)O)CC2)CC1. The van der Waals surface area contributed by atoms with E-state index in [2.05, 4.69) is 4.90 Å². The smallest absolute Gasteiger partial charge is 0.319 e. The van der Waals surface area contributed by atoms with E-state index < -0.39 is 11.4 Å². The molecule has 0 aromatic heterocycles. The van der Waals surface area contributed by atoms with E-state index in [0.29, 0.717) is 32.0 Å². The number of piperidine rings is 1. The fourth-order valence-corrected chi connectivity index (χ4v) is 2.53. The Bertz CT molecular complexity index is 329. The molecule has 0 spiro atoms. The summed E-state index contributed by atoms with van der Waals surface area (Å²) in [6.07, 6.45) is 2.90. The molecule has 5 heteroatoms. The van der Waals surface area contributed by atoms with Gasteiger partial charge in [-0.25, -0.2) is 0 Å². The third-order valence-corrected chi connectivity index (χ3v) is 4.05. The number of rotatable bonds is 3. The maximum Gasteiger partial charge on any atom is 0.319 e. The van der Waals surface area contributed by atoms with Gasteiger partial charge in [0.1, 0.15) is 5.41 Å². The quantitative estimate of drug-likeness (QED) is 0.726. The van der Waals surface area contributed by atoms with Crippen LogP contribution in [0.3, 0.4) is 0 Å². The van der Waals surface area contributed by atoms with Crippen LogP contribution in [-0.4, -0.2) is 60.0 Å². The van der Waals surface area contributed by atoms with E-state index in [1.165, 1.54) is 0 Å². The van der Waals surface area contributed by atoms with Crippen LogP contribution in [-0.2, 0) is 9.59 Å². The summed E-state index contributed by atoms with van der Waals surface area (Å²) in [5, 5.41) is 9.09. The number of carboxylic acids is 1. The highest BCUT2D eigenvalue weighted by atomic mass is 16.4. The summed E-state index contributed by atoms with van der Waals surface area (Å²) in [6, 6.07) is 0.513. The Kier molecular flexibility index (Phi) is 3.12. The van der Waals surface area contributed by atoms with Crippen molar-refractivity contribution in [2.24, 2.45) is 5.41 Å². The molecular weight excluding hydrogens is 220 g/mol. The van der Waals surface area contributed by atoms with Crippen LogP contribution in [0.2, 0.25) is 0 Å². The fraction of sp³-hybridized carbons (Fsp3) is 0.833. The molecule has 1 amide bonds. The zero-order valence-corrected chi connectivity index (χ0v) is 10.5. The molecule has 1 aliphatic heterocycles. The molecule has 1 saturated heterocycles. The molecule has 0 unspecified atom stereocenters. The minimum absolute atomic E-state index is 0.165. The van der Waals surface area contributed by atoms with Gasteiger partial charge in [-0.1, -0.05) is 0 Å². The third-order valence-electron chi connectivity index (χ3n) is 4.05. The van der Waals surface area contributed by atoms with Crippen molar-refractivity contribution in [1.82, 2.24) is 9.80 Å². The summed E-state index contributed by atoms with van der Waals surface area (Å²) < 4.78 is 0. The van der Waals surface area contributed by atoms with Gasteiger partial charge in [0, 0.05) is 19.1 Å². The molecule has 2 rings (SSSR count). The average molecular weight is 240 g/mol. The van der Waals surface area contributed by atoms with Gasteiger partial charge in [-0.2, -0.15) is 0 Å². The van der Waals surface area contributed by atoms with Crippen molar-refractivity contribution in [2.45, 2.75) is 31.7 Å². The Hall–Kier alpha value is -1.10. The number of carbonyl (C=O) groups excluding carboxylic acids is 1. The second-order valence-corrected chi connectivity index (χ2v) is 5.37. The molecular formula is C12H20N2O3. The van der Waals surface area contributed by atoms with E-state index in [9.17, 15) is 9.59 Å². The van der Waals surface area contributed by atoms with Crippen LogP contribution < -0.4 is 0 Å². The molecule has 0 radical (unpaired) electrons. The summed E-state index contributed by atoms with van der Waals surface area (Å²) in [5.41, 5.74) is -1.06. The number of carbonyl (C=O) groups is 2. The first-order valence-electron chi connectivity index (χ1n) is 6.16. The van der Waals surface area contributed by atoms with Crippen LogP contribution in [0.4, 0.5) is 0 Å². The molecule has 0 aromatic rings. The molecule has 0 bridgehead atoms. The summed E-state index contributed by atoms with van der Waals surface area (Å²) in [4.78, 5) is 27.1. The molecule has 2 aliphatic rings. The Balaban J connectivity index is 1.93. The van der Waals surface area contributed by atoms with Gasteiger partial charge in [-0.15, -0.1) is 0 Å². The molecule has 1 aliphatic carbocycles. The van der Waals surface area contributed by atoms with Crippen molar-refractivity contribution in [3.63, 3.8) is 0 Å². The van der Waals surface area contributed by atoms with E-state index in [0.717, 1.165) is 12.8 Å². The molecule has 5 nitrogen and oxygen atoms in total. The Labute approximate surface area is 101 Å². The highest BCUT2D eigenvalue weighted by Crippen LogP contribution is 2.47. The van der Waals surface area contributed by atoms with Crippen molar-refractivity contribution >= 4 is 11.9 Å². The van der Waals surface area contributed by atoms with Crippen LogP contribution in [0.1, 0.15) is 25.7 Å². The molecule has 17 heavy (non-hydrogen) atoms. The first-order valence-corrected chi connectivity index (χ1v) is 6.16. The Morgan fingerprint density at radius 2 is 1.76 bits per heavy atom. The number of nitrogens with zero attached hydrogens (tertiary/aromatic N) is 2. The van der Waals surface area contributed by atoms with Gasteiger partial charge in [-0.05, 0) is 39.8 Å². The maximum absolute atomic E-state index is 12.1. The number of hydrogen-bond acceptors (Lipinski definition) is 3. The number of carboxylic acid groups (broad SMARTS) is 1. The highest BCUT2D eigenvalue weighted by Gasteiger charge is 2.58. The van der Waals surface area contributed by atoms with Gasteiger partial charge < -0.3 is 14.9 Å². The minimum Gasteiger partial charge on any atom is -0.480 e. The summed E-state index contributed by atoms with van der Waals surface area (Å²) in [5.74, 6) is -1.11. The first-order chi connectivity index (χ1) is 7.97. The molecule has 1 N–H and O–H groups in total. The van der Waals surface area contributed by atoms with Crippen molar-refractivity contribution in [3.05, 3.63) is 0 Å². The highest BCUT2D eigenvalue weighted by molar-refractivity contribution is 6.04. The van der Waals surface area contributed by atoms with Gasteiger partial charge >= 0.3 is 5.97 Å². The summed E-state index contributed by atoms with van der Waals surface area (Å²) in [7, 11) is 4.09. The van der Waals surface area contributed by atoms with Crippen LogP contribution in [0.5, 0.6) is 0 Å². The zero-order chi connectivity index (χ0) is 12.6. The Morgan fingerprint density at radius 3 is 2.12 bits per heavy atom. The zero-order valence-electron chi connectivity index (χ0n) is 10.5. The number of likely N-dealkylation sites (tertiary alicyclic amines) is 1. The molecule has 1 saturated carbocycles. The fourth-order valence-electron chi connectivity index (χ4n) is 2.53. The van der Waals surface area contributed by atoms with E-state index in [-0.39, 0.29) is 5.91 Å². The van der Waals surface area contributed by atoms with E-state index in [1.807, 2.05) is 14.1 Å². The van der Waals surface area contributed by atoms with E-state index in [4.69, 9.17) is 5.11 Å². The average Bonchev–Trinajstić information content (AvgIpc) is 3.09. The first kappa shape index (κ1) is 12.4. The predicted octanol–water partition coefficient (Wildman–Crippen LogP) is 0.404. The Morgan fingerprint density at radius 1 is 1.24 bits per heavy atom. The second-order valence-electron chi connectivity index (χ2n) is 5.37. The molecule has 0 atom stereocenters. The largest absolute Gasteiger partial charge is 0.480 e. The maximum atomic E-state index is 12.1. The van der Waals surface area contributed by atoms with Gasteiger partial charge in [0.05, 0.1) is 0 Å². The number of amides is 1. The summed E-state index contributed by atoms with van der Waals surface area (Å²) in [6.45, 7) is 1.38. The standard InChI is InChI=1S/C12H20N2O3/c1-13(2)9-3-7-14(8-4-9)10(15)12(5-6-12)11(16)17/h9H,3-8H2,1-2H3,(H,16,17). The second kappa shape index (κ2) is 4.29. The van der Waals surface area contributed by atoms with E-state index in [1.54, 1.807) is 4.90 Å². The lowest BCUT2D eigenvalue weighted by atomic mass is 10.00. The lowest BCUT2D eigenvalue weighted by Crippen LogP contribution is -2.48. The molecule has 2 fully saturated rings. The van der Waals surface area contributed by atoms with Crippen molar-refractivity contribution in [2.75, 3.05) is 27.2 Å². The minimum atomic E-state index is -1.06. The van der Waals surface area contributed by atoms with Crippen molar-refractivity contribution in [3.8, 4) is 0 Å². The van der Waals surface area contributed by atoms with Gasteiger partial charge in [0.25, 0.3) is 0 Å².